The molecule has 45 heavy (non-hydrogen) atoms. The molecule has 4 atom stereocenters. The number of nitrogens with zero attached hydrogens (tertiary/aromatic N) is 3. The monoisotopic (exact) mass is 705 g/mol. The largest absolute Gasteiger partial charge is 0.491 e. The maximum Gasteiger partial charge on any atom is 0.433 e. The number of ketones is 2. The van der Waals surface area contributed by atoms with Crippen LogP contribution in [0.15, 0.2) is 69.8 Å². The number of anilines is 1. The number of allylic oxidation sites excluding steroid dienone is 6. The molecule has 4 unspecified atom stereocenters. The lowest BCUT2D eigenvalue weighted by Gasteiger charge is -2.42. The third-order valence-corrected chi connectivity index (χ3v) is 9.49. The fraction of sp³-hybridized carbons (Fsp3) is 0.323. The molecular formula is C31H24BrClF3N3O6. The molecule has 0 bridgehead atoms. The van der Waals surface area contributed by atoms with Crippen LogP contribution in [-0.2, 0) is 25.4 Å². The zero-order chi connectivity index (χ0) is 32.4. The molecule has 2 heterocycles. The van der Waals surface area contributed by atoms with Gasteiger partial charge in [0.05, 0.1) is 27.9 Å². The topological polar surface area (TPSA) is 117 Å². The van der Waals surface area contributed by atoms with Crippen molar-refractivity contribution in [2.75, 3.05) is 25.3 Å². The van der Waals surface area contributed by atoms with Gasteiger partial charge in [-0.05, 0) is 64.5 Å². The number of halogens is 5. The number of hydrazine groups is 1. The number of ether oxygens (including phenoxy) is 1. The van der Waals surface area contributed by atoms with Crippen molar-refractivity contribution in [3.63, 3.8) is 0 Å². The summed E-state index contributed by atoms with van der Waals surface area (Å²) in [7, 11) is 1.24. The number of fused-ring (bicyclic) bond motifs is 3. The van der Waals surface area contributed by atoms with E-state index in [0.29, 0.717) is 28.5 Å². The predicted molar refractivity (Wildman–Crippen MR) is 158 cm³/mol. The summed E-state index contributed by atoms with van der Waals surface area (Å²) in [6.45, 7) is -0.0902. The van der Waals surface area contributed by atoms with E-state index in [1.165, 1.54) is 13.1 Å². The van der Waals surface area contributed by atoms with Gasteiger partial charge in [0.2, 0.25) is 0 Å². The van der Waals surface area contributed by atoms with Crippen LogP contribution in [0, 0.1) is 17.8 Å². The second kappa shape index (κ2) is 11.5. The van der Waals surface area contributed by atoms with E-state index >= 15 is 0 Å². The van der Waals surface area contributed by atoms with Crippen molar-refractivity contribution in [2.24, 2.45) is 17.8 Å². The number of aromatic nitrogens is 1. The molecule has 2 aromatic rings. The number of Topliss-reactive ketones (excluding diaryl/α,β-unsaturated/α-hetero) is 1. The Morgan fingerprint density at radius 1 is 1.09 bits per heavy atom. The smallest absolute Gasteiger partial charge is 0.433 e. The summed E-state index contributed by atoms with van der Waals surface area (Å²) in [6.07, 6.45) is -1.58. The highest BCUT2D eigenvalue weighted by atomic mass is 79.9. The third kappa shape index (κ3) is 5.20. The SMILES string of the molecule is CN(c1nc(C(F)(F)F)ccc1Cl)N1C(=O)C2CC=C3C(c4ccc(OCCO)cc4)C4=C(CC3C2C1=O)C(=O)C(Br)=CC4=O. The number of pyridine rings is 1. The molecular weight excluding hydrogens is 683 g/mol. The van der Waals surface area contributed by atoms with Crippen molar-refractivity contribution in [3.05, 3.63) is 86.0 Å². The Morgan fingerprint density at radius 3 is 2.47 bits per heavy atom. The van der Waals surface area contributed by atoms with Crippen LogP contribution in [0.3, 0.4) is 0 Å². The zero-order valence-electron chi connectivity index (χ0n) is 23.5. The molecule has 4 aliphatic rings. The summed E-state index contributed by atoms with van der Waals surface area (Å²) in [6, 6.07) is 8.54. The van der Waals surface area contributed by atoms with Crippen molar-refractivity contribution >= 4 is 56.7 Å². The zero-order valence-corrected chi connectivity index (χ0v) is 25.8. The van der Waals surface area contributed by atoms with Crippen LogP contribution in [0.1, 0.15) is 30.0 Å². The molecule has 1 saturated heterocycles. The van der Waals surface area contributed by atoms with Gasteiger partial charge in [0.25, 0.3) is 11.8 Å². The molecule has 0 saturated carbocycles. The second-order valence-electron chi connectivity index (χ2n) is 11.0. The van der Waals surface area contributed by atoms with Crippen molar-refractivity contribution in [1.82, 2.24) is 9.99 Å². The van der Waals surface area contributed by atoms with Gasteiger partial charge in [0.15, 0.2) is 17.4 Å². The molecule has 0 spiro atoms. The Labute approximate surface area is 268 Å². The minimum Gasteiger partial charge on any atom is -0.491 e. The van der Waals surface area contributed by atoms with Crippen LogP contribution >= 0.6 is 27.5 Å². The van der Waals surface area contributed by atoms with Gasteiger partial charge in [-0.15, -0.1) is 0 Å². The number of imide groups is 1. The molecule has 3 aliphatic carbocycles. The van der Waals surface area contributed by atoms with E-state index < -0.39 is 59.0 Å². The number of aliphatic hydroxyl groups is 1. The minimum atomic E-state index is -4.79. The molecule has 1 fully saturated rings. The molecule has 1 aliphatic heterocycles. The van der Waals surface area contributed by atoms with E-state index in [0.717, 1.165) is 16.1 Å². The van der Waals surface area contributed by atoms with Gasteiger partial charge in [-0.1, -0.05) is 35.4 Å². The maximum atomic E-state index is 14.1. The molecule has 2 amide bonds. The van der Waals surface area contributed by atoms with Gasteiger partial charge < -0.3 is 9.84 Å². The highest BCUT2D eigenvalue weighted by Gasteiger charge is 2.57. The average molecular weight is 707 g/mol. The highest BCUT2D eigenvalue weighted by molar-refractivity contribution is 9.12. The minimum absolute atomic E-state index is 0.0170. The van der Waals surface area contributed by atoms with Gasteiger partial charge >= 0.3 is 6.18 Å². The number of hydrogen-bond acceptors (Lipinski definition) is 8. The highest BCUT2D eigenvalue weighted by Crippen LogP contribution is 2.55. The third-order valence-electron chi connectivity index (χ3n) is 8.61. The molecule has 9 nitrogen and oxygen atoms in total. The Hall–Kier alpha value is -3.81. The quantitative estimate of drug-likeness (QED) is 0.255. The lowest BCUT2D eigenvalue weighted by Crippen LogP contribution is -2.46. The molecule has 234 valence electrons. The Balaban J connectivity index is 1.40. The number of benzene rings is 1. The molecule has 0 radical (unpaired) electrons. The van der Waals surface area contributed by atoms with Crippen LogP contribution in [0.5, 0.6) is 5.75 Å². The van der Waals surface area contributed by atoms with E-state index in [1.54, 1.807) is 24.3 Å². The Kier molecular flexibility index (Phi) is 7.99. The number of hydrogen-bond donors (Lipinski definition) is 1. The predicted octanol–water partition coefficient (Wildman–Crippen LogP) is 4.94. The van der Waals surface area contributed by atoms with Gasteiger partial charge in [-0.3, -0.25) is 24.2 Å². The molecule has 14 heteroatoms. The van der Waals surface area contributed by atoms with Crippen LogP contribution < -0.4 is 9.75 Å². The summed E-state index contributed by atoms with van der Waals surface area (Å²) in [5.41, 5.74) is 0.644. The second-order valence-corrected chi connectivity index (χ2v) is 12.3. The molecule has 1 aromatic carbocycles. The van der Waals surface area contributed by atoms with Crippen LogP contribution in [0.2, 0.25) is 5.02 Å². The molecule has 6 rings (SSSR count). The van der Waals surface area contributed by atoms with E-state index in [2.05, 4.69) is 20.9 Å². The van der Waals surface area contributed by atoms with Crippen molar-refractivity contribution in [1.29, 1.82) is 0 Å². The average Bonchev–Trinajstić information content (AvgIpc) is 3.26. The summed E-state index contributed by atoms with van der Waals surface area (Å²) < 4.78 is 45.9. The van der Waals surface area contributed by atoms with Crippen LogP contribution in [0.25, 0.3) is 0 Å². The summed E-state index contributed by atoms with van der Waals surface area (Å²) in [5.74, 6) is -5.17. The van der Waals surface area contributed by atoms with Gasteiger partial charge in [-0.2, -0.15) is 18.2 Å². The van der Waals surface area contributed by atoms with E-state index in [9.17, 15) is 32.3 Å². The van der Waals surface area contributed by atoms with Gasteiger partial charge in [-0.25, -0.2) is 4.98 Å². The first-order valence-corrected chi connectivity index (χ1v) is 15.1. The molecule has 1 N–H and O–H groups in total. The Morgan fingerprint density at radius 2 is 1.80 bits per heavy atom. The lowest BCUT2D eigenvalue weighted by atomic mass is 9.59. The van der Waals surface area contributed by atoms with E-state index in [4.69, 9.17) is 21.4 Å². The summed E-state index contributed by atoms with van der Waals surface area (Å²) in [4.78, 5) is 58.2. The first-order chi connectivity index (χ1) is 21.3. The first kappa shape index (κ1) is 31.2. The first-order valence-electron chi connectivity index (χ1n) is 13.9. The van der Waals surface area contributed by atoms with Crippen molar-refractivity contribution in [3.8, 4) is 5.75 Å². The van der Waals surface area contributed by atoms with Gasteiger partial charge in [0.1, 0.15) is 18.1 Å². The number of alkyl halides is 3. The Bertz CT molecular complexity index is 1740. The summed E-state index contributed by atoms with van der Waals surface area (Å²) in [5, 5.41) is 10.6. The maximum absolute atomic E-state index is 14.1. The fourth-order valence-corrected chi connectivity index (χ4v) is 7.37. The van der Waals surface area contributed by atoms with Crippen LogP contribution in [0.4, 0.5) is 19.0 Å². The number of amides is 2. The van der Waals surface area contributed by atoms with Crippen LogP contribution in [-0.4, -0.2) is 58.7 Å². The van der Waals surface area contributed by atoms with Gasteiger partial charge in [0, 0.05) is 30.2 Å². The number of carbonyl (C=O) groups excluding carboxylic acids is 4. The number of aliphatic hydroxyl groups excluding tert-OH is 1. The fourth-order valence-electron chi connectivity index (χ4n) is 6.70. The number of carbonyl (C=O) groups is 4. The lowest BCUT2D eigenvalue weighted by molar-refractivity contribution is -0.141. The van der Waals surface area contributed by atoms with Crippen molar-refractivity contribution < 1.29 is 42.2 Å². The van der Waals surface area contributed by atoms with E-state index in [-0.39, 0.29) is 46.9 Å². The molecule has 1 aromatic heterocycles. The number of rotatable bonds is 6. The standard InChI is InChI=1S/C31H24BrClF3N3O6/c1-38(28-21(33)8-9-23(37-28)31(34,35)36)39-29(43)17-7-6-16-18(25(17)30(39)44)12-19-26(22(41)13-20(32)27(19)42)24(16)14-2-4-15(5-3-14)45-11-10-40/h2-6,8-9,13,17-18,24-25,40H,7,10-12H2,1H3. The van der Waals surface area contributed by atoms with Crippen molar-refractivity contribution in [2.45, 2.75) is 24.9 Å². The normalized spacial score (nSPS) is 24.6. The van der Waals surface area contributed by atoms with E-state index in [1.807, 2.05) is 6.08 Å². The summed E-state index contributed by atoms with van der Waals surface area (Å²) >= 11 is 9.37.